The molecule has 0 unspecified atom stereocenters. The molecule has 136 valence electrons. The summed E-state index contributed by atoms with van der Waals surface area (Å²) in [5.41, 5.74) is 4.75. The summed E-state index contributed by atoms with van der Waals surface area (Å²) in [6, 6.07) is 6.93. The van der Waals surface area contributed by atoms with Gasteiger partial charge in [0.05, 0.1) is 0 Å². The average molecular weight is 343 g/mol. The molecule has 0 bridgehead atoms. The molecule has 2 aromatic carbocycles. The number of phenolic OH excluding ortho intramolecular Hbond substituents is 2. The average Bonchev–Trinajstić information content (AvgIpc) is 2.55. The van der Waals surface area contributed by atoms with Gasteiger partial charge in [-0.05, 0) is 59.0 Å². The van der Waals surface area contributed by atoms with Crippen LogP contribution in [0.3, 0.4) is 0 Å². The molecule has 0 saturated heterocycles. The molecule has 2 heteroatoms. The van der Waals surface area contributed by atoms with Gasteiger partial charge < -0.3 is 10.2 Å². The van der Waals surface area contributed by atoms with E-state index < -0.39 is 0 Å². The van der Waals surface area contributed by atoms with Crippen molar-refractivity contribution in [1.29, 1.82) is 0 Å². The van der Waals surface area contributed by atoms with E-state index in [1.54, 1.807) is 12.1 Å². The Kier molecular flexibility index (Phi) is 4.23. The van der Waals surface area contributed by atoms with Gasteiger partial charge in [0, 0.05) is 20.3 Å². The van der Waals surface area contributed by atoms with Crippen LogP contribution in [0.15, 0.2) is 24.3 Å². The SMILES string of the molecule is [2H]Cc1ccc(O)c(Cc2c(O)ccc(C[2H])c2C(C)(C)C)c1C(C)(C)C. The zero-order chi connectivity index (χ0) is 20.6. The first-order valence-electron chi connectivity index (χ1n) is 10.1. The van der Waals surface area contributed by atoms with Crippen LogP contribution in [-0.2, 0) is 17.3 Å². The molecule has 2 aromatic rings. The molecule has 0 amide bonds. The van der Waals surface area contributed by atoms with Gasteiger partial charge in [-0.3, -0.25) is 0 Å². The Labute approximate surface area is 155 Å². The lowest BCUT2D eigenvalue weighted by Crippen LogP contribution is -2.19. The van der Waals surface area contributed by atoms with Crippen molar-refractivity contribution in [3.05, 3.63) is 57.6 Å². The summed E-state index contributed by atoms with van der Waals surface area (Å²) in [7, 11) is 0. The van der Waals surface area contributed by atoms with Gasteiger partial charge in [-0.25, -0.2) is 0 Å². The summed E-state index contributed by atoms with van der Waals surface area (Å²) in [6.07, 6.45) is 0.374. The smallest absolute Gasteiger partial charge is 0.119 e. The molecular weight excluding hydrogens is 308 g/mol. The highest BCUT2D eigenvalue weighted by molar-refractivity contribution is 5.55. The highest BCUT2D eigenvalue weighted by Crippen LogP contribution is 2.40. The third kappa shape index (κ3) is 3.84. The van der Waals surface area contributed by atoms with E-state index in [0.29, 0.717) is 6.42 Å². The second-order valence-corrected chi connectivity index (χ2v) is 8.87. The summed E-state index contributed by atoms with van der Waals surface area (Å²) < 4.78 is 15.8. The molecule has 0 radical (unpaired) electrons. The van der Waals surface area contributed by atoms with Crippen LogP contribution in [0.1, 0.15) is 77.7 Å². The van der Waals surface area contributed by atoms with E-state index in [2.05, 4.69) is 41.5 Å². The van der Waals surface area contributed by atoms with E-state index in [-0.39, 0.29) is 36.1 Å². The lowest BCUT2D eigenvalue weighted by Gasteiger charge is -2.29. The molecule has 0 aliphatic heterocycles. The Balaban J connectivity index is 2.79. The highest BCUT2D eigenvalue weighted by atomic mass is 16.3. The third-order valence-electron chi connectivity index (χ3n) is 4.60. The maximum atomic E-state index is 10.7. The van der Waals surface area contributed by atoms with Crippen molar-refractivity contribution in [3.8, 4) is 11.5 Å². The second kappa shape index (κ2) is 6.40. The van der Waals surface area contributed by atoms with E-state index >= 15 is 0 Å². The minimum Gasteiger partial charge on any atom is -0.508 e. The van der Waals surface area contributed by atoms with Gasteiger partial charge in [-0.2, -0.15) is 0 Å². The fourth-order valence-corrected chi connectivity index (χ4v) is 3.77. The van der Waals surface area contributed by atoms with Gasteiger partial charge in [0.2, 0.25) is 0 Å². The molecule has 25 heavy (non-hydrogen) atoms. The van der Waals surface area contributed by atoms with Gasteiger partial charge in [-0.15, -0.1) is 0 Å². The van der Waals surface area contributed by atoms with Crippen molar-refractivity contribution in [2.24, 2.45) is 0 Å². The number of hydrogen-bond donors (Lipinski definition) is 2. The molecule has 0 heterocycles. The summed E-state index contributed by atoms with van der Waals surface area (Å²) in [4.78, 5) is 0. The number of phenols is 2. The van der Waals surface area contributed by atoms with Crippen molar-refractivity contribution < 1.29 is 13.0 Å². The van der Waals surface area contributed by atoms with Crippen LogP contribution in [0.5, 0.6) is 11.5 Å². The van der Waals surface area contributed by atoms with Crippen LogP contribution in [0.25, 0.3) is 0 Å². The van der Waals surface area contributed by atoms with E-state index in [1.165, 1.54) is 0 Å². The fraction of sp³-hybridized carbons (Fsp3) is 0.478. The zero-order valence-electron chi connectivity index (χ0n) is 18.3. The molecule has 2 N–H and O–H groups in total. The largest absolute Gasteiger partial charge is 0.508 e. The Hall–Kier alpha value is -1.96. The monoisotopic (exact) mass is 342 g/mol. The first-order chi connectivity index (χ1) is 12.4. The van der Waals surface area contributed by atoms with Crippen LogP contribution in [0.4, 0.5) is 0 Å². The van der Waals surface area contributed by atoms with Crippen molar-refractivity contribution >= 4 is 0 Å². The van der Waals surface area contributed by atoms with Crippen LogP contribution in [0.2, 0.25) is 0 Å². The number of benzene rings is 2. The van der Waals surface area contributed by atoms with Gasteiger partial charge in [0.15, 0.2) is 0 Å². The Morgan fingerprint density at radius 3 is 1.36 bits per heavy atom. The Morgan fingerprint density at radius 1 is 0.720 bits per heavy atom. The first-order valence-corrected chi connectivity index (χ1v) is 8.68. The summed E-state index contributed by atoms with van der Waals surface area (Å²) in [6.45, 7) is 12.8. The van der Waals surface area contributed by atoms with Crippen LogP contribution in [0, 0.1) is 13.8 Å². The van der Waals surface area contributed by atoms with E-state index in [4.69, 9.17) is 2.74 Å². The maximum absolute atomic E-state index is 10.7. The molecule has 0 aliphatic rings. The normalized spacial score (nSPS) is 13.5. The van der Waals surface area contributed by atoms with E-state index in [9.17, 15) is 10.2 Å². The van der Waals surface area contributed by atoms with Crippen molar-refractivity contribution in [2.75, 3.05) is 0 Å². The summed E-state index contributed by atoms with van der Waals surface area (Å²) in [5, 5.41) is 21.3. The predicted molar refractivity (Wildman–Crippen MR) is 106 cm³/mol. The van der Waals surface area contributed by atoms with Crippen molar-refractivity contribution in [2.45, 2.75) is 72.6 Å². The quantitative estimate of drug-likeness (QED) is 0.713. The minimum absolute atomic E-state index is 0.144. The summed E-state index contributed by atoms with van der Waals surface area (Å²) >= 11 is 0. The molecule has 0 saturated carbocycles. The molecule has 2 rings (SSSR count). The van der Waals surface area contributed by atoms with E-state index in [0.717, 1.165) is 33.4 Å². The zero-order valence-corrected chi connectivity index (χ0v) is 16.3. The molecule has 0 aliphatic carbocycles. The second-order valence-electron chi connectivity index (χ2n) is 8.87. The lowest BCUT2D eigenvalue weighted by atomic mass is 9.76. The van der Waals surface area contributed by atoms with Crippen molar-refractivity contribution in [1.82, 2.24) is 0 Å². The third-order valence-corrected chi connectivity index (χ3v) is 4.60. The van der Waals surface area contributed by atoms with Crippen LogP contribution >= 0.6 is 0 Å². The molecular formula is C23H32O2. The van der Waals surface area contributed by atoms with Gasteiger partial charge in [0.25, 0.3) is 0 Å². The number of aryl methyl sites for hydroxylation is 2. The van der Waals surface area contributed by atoms with Gasteiger partial charge in [-0.1, -0.05) is 53.7 Å². The molecule has 2 nitrogen and oxygen atoms in total. The van der Waals surface area contributed by atoms with Crippen LogP contribution < -0.4 is 0 Å². The van der Waals surface area contributed by atoms with Gasteiger partial charge >= 0.3 is 0 Å². The number of aromatic hydroxyl groups is 2. The fourth-order valence-electron chi connectivity index (χ4n) is 3.77. The van der Waals surface area contributed by atoms with E-state index in [1.807, 2.05) is 12.1 Å². The lowest BCUT2D eigenvalue weighted by molar-refractivity contribution is 0.454. The topological polar surface area (TPSA) is 40.5 Å². The Morgan fingerprint density at radius 2 is 1.08 bits per heavy atom. The number of rotatable bonds is 2. The molecule has 0 aromatic heterocycles. The minimum atomic E-state index is -0.241. The maximum Gasteiger partial charge on any atom is 0.119 e. The van der Waals surface area contributed by atoms with Gasteiger partial charge in [0.1, 0.15) is 11.5 Å². The highest BCUT2D eigenvalue weighted by Gasteiger charge is 2.27. The Bertz CT molecular complexity index is 758. The molecule has 0 fully saturated rings. The predicted octanol–water partition coefficient (Wildman–Crippen LogP) is 5.90. The van der Waals surface area contributed by atoms with Crippen LogP contribution in [-0.4, -0.2) is 10.2 Å². The summed E-state index contributed by atoms with van der Waals surface area (Å²) in [5.74, 6) is 0.375. The molecule has 0 spiro atoms. The molecule has 0 atom stereocenters. The number of hydrogen-bond acceptors (Lipinski definition) is 2. The standard InChI is InChI=1S/C23H32O2/c1-14-9-11-18(24)16(20(14)22(3,4)5)13-17-19(25)12-10-15(2)21(17)23(6,7)8/h9-12,24-25H,13H2,1-8H3/i1D,2D. The van der Waals surface area contributed by atoms with Crippen molar-refractivity contribution in [3.63, 3.8) is 0 Å². The first kappa shape index (κ1) is 16.5.